The summed E-state index contributed by atoms with van der Waals surface area (Å²) in [5.74, 6) is -0.306. The molecule has 1 aromatic carbocycles. The zero-order valence-corrected chi connectivity index (χ0v) is 16.7. The monoisotopic (exact) mass is 411 g/mol. The summed E-state index contributed by atoms with van der Waals surface area (Å²) in [6, 6.07) is 4.00. The van der Waals surface area contributed by atoms with E-state index in [4.69, 9.17) is 23.2 Å². The summed E-state index contributed by atoms with van der Waals surface area (Å²) in [6.07, 6.45) is 2.82. The van der Waals surface area contributed by atoms with Crippen molar-refractivity contribution in [1.29, 1.82) is 0 Å². The van der Waals surface area contributed by atoms with Gasteiger partial charge in [-0.25, -0.2) is 0 Å². The lowest BCUT2D eigenvalue weighted by Gasteiger charge is -2.27. The Balaban J connectivity index is 1.63. The van der Waals surface area contributed by atoms with Crippen LogP contribution in [0.1, 0.15) is 43.0 Å². The summed E-state index contributed by atoms with van der Waals surface area (Å²) in [5, 5.41) is 3.72. The number of carbonyl (C=O) groups excluding carboxylic acids is 3. The molecule has 0 aliphatic carbocycles. The zero-order chi connectivity index (χ0) is 19.6. The molecule has 3 amide bonds. The first kappa shape index (κ1) is 20.0. The number of halogens is 2. The Morgan fingerprint density at radius 2 is 1.89 bits per heavy atom. The van der Waals surface area contributed by atoms with Gasteiger partial charge in [-0.3, -0.25) is 14.4 Å². The first-order valence-electron chi connectivity index (χ1n) is 9.20. The number of hydrogen-bond acceptors (Lipinski definition) is 3. The number of rotatable bonds is 5. The van der Waals surface area contributed by atoms with Crippen LogP contribution in [0.2, 0.25) is 10.0 Å². The van der Waals surface area contributed by atoms with Gasteiger partial charge in [-0.05, 0) is 44.4 Å². The number of carbonyl (C=O) groups is 3. The molecule has 0 radical (unpaired) electrons. The van der Waals surface area contributed by atoms with Gasteiger partial charge in [-0.2, -0.15) is 0 Å². The third kappa shape index (κ3) is 4.74. The molecule has 2 aliphatic heterocycles. The second kappa shape index (κ2) is 8.48. The average Bonchev–Trinajstić information content (AvgIpc) is 3.23. The molecule has 146 valence electrons. The van der Waals surface area contributed by atoms with Crippen molar-refractivity contribution in [2.45, 2.75) is 44.7 Å². The van der Waals surface area contributed by atoms with Crippen LogP contribution < -0.4 is 5.32 Å². The van der Waals surface area contributed by atoms with Crippen LogP contribution in [-0.2, 0) is 9.59 Å². The Hall–Kier alpha value is -1.79. The highest BCUT2D eigenvalue weighted by atomic mass is 35.5. The molecule has 1 aromatic rings. The number of amides is 3. The van der Waals surface area contributed by atoms with Crippen LogP contribution in [0.25, 0.3) is 0 Å². The lowest BCUT2D eigenvalue weighted by Crippen LogP contribution is -2.50. The second-order valence-electron chi connectivity index (χ2n) is 7.17. The van der Waals surface area contributed by atoms with E-state index in [1.54, 1.807) is 28.0 Å². The molecule has 2 fully saturated rings. The van der Waals surface area contributed by atoms with E-state index in [-0.39, 0.29) is 23.8 Å². The van der Waals surface area contributed by atoms with E-state index in [0.717, 1.165) is 19.4 Å². The smallest absolute Gasteiger partial charge is 0.254 e. The molecule has 0 bridgehead atoms. The molecule has 2 saturated heterocycles. The second-order valence-corrected chi connectivity index (χ2v) is 8.04. The molecule has 1 N–H and O–H groups in total. The third-order valence-corrected chi connectivity index (χ3v) is 5.42. The van der Waals surface area contributed by atoms with E-state index in [9.17, 15) is 14.4 Å². The van der Waals surface area contributed by atoms with Gasteiger partial charge in [0.1, 0.15) is 6.04 Å². The maximum absolute atomic E-state index is 12.8. The Kier molecular flexibility index (Phi) is 6.27. The van der Waals surface area contributed by atoms with Gasteiger partial charge in [0, 0.05) is 47.7 Å². The summed E-state index contributed by atoms with van der Waals surface area (Å²) >= 11 is 12.0. The summed E-state index contributed by atoms with van der Waals surface area (Å²) in [6.45, 7) is 3.62. The maximum atomic E-state index is 12.8. The summed E-state index contributed by atoms with van der Waals surface area (Å²) < 4.78 is 0. The number of hydrogen-bond donors (Lipinski definition) is 1. The molecule has 8 heteroatoms. The SMILES string of the molecule is C[C@H](CN1CCCC1=O)NC(=O)[C@H]1CCCN1C(=O)c1cc(Cl)cc(Cl)c1. The highest BCUT2D eigenvalue weighted by Crippen LogP contribution is 2.24. The lowest BCUT2D eigenvalue weighted by molar-refractivity contribution is -0.129. The molecule has 0 saturated carbocycles. The number of nitrogens with zero attached hydrogens (tertiary/aromatic N) is 2. The van der Waals surface area contributed by atoms with Crippen molar-refractivity contribution >= 4 is 40.9 Å². The number of nitrogens with one attached hydrogen (secondary N) is 1. The molecule has 3 rings (SSSR count). The fourth-order valence-corrected chi connectivity index (χ4v) is 4.26. The fourth-order valence-electron chi connectivity index (χ4n) is 3.74. The van der Waals surface area contributed by atoms with Crippen LogP contribution in [0.4, 0.5) is 0 Å². The standard InChI is InChI=1S/C19H23Cl2N3O3/c1-12(11-23-6-3-5-17(23)25)22-18(26)16-4-2-7-24(16)19(27)13-8-14(20)10-15(21)9-13/h8-10,12,16H,2-7,11H2,1H3,(H,22,26)/t12-,16-/m1/s1. The van der Waals surface area contributed by atoms with Crippen molar-refractivity contribution in [1.82, 2.24) is 15.1 Å². The van der Waals surface area contributed by atoms with Gasteiger partial charge >= 0.3 is 0 Å². The highest BCUT2D eigenvalue weighted by Gasteiger charge is 2.35. The van der Waals surface area contributed by atoms with E-state index in [2.05, 4.69) is 5.32 Å². The van der Waals surface area contributed by atoms with Crippen molar-refractivity contribution in [3.8, 4) is 0 Å². The van der Waals surface area contributed by atoms with Crippen molar-refractivity contribution in [2.75, 3.05) is 19.6 Å². The Labute approximate surface area is 168 Å². The minimum Gasteiger partial charge on any atom is -0.350 e. The fraction of sp³-hybridized carbons (Fsp3) is 0.526. The molecule has 0 aromatic heterocycles. The average molecular weight is 412 g/mol. The quantitative estimate of drug-likeness (QED) is 0.809. The van der Waals surface area contributed by atoms with Crippen molar-refractivity contribution < 1.29 is 14.4 Å². The molecule has 0 unspecified atom stereocenters. The number of likely N-dealkylation sites (tertiary alicyclic amines) is 2. The largest absolute Gasteiger partial charge is 0.350 e. The van der Waals surface area contributed by atoms with Crippen LogP contribution in [0.3, 0.4) is 0 Å². The zero-order valence-electron chi connectivity index (χ0n) is 15.2. The molecule has 27 heavy (non-hydrogen) atoms. The van der Waals surface area contributed by atoms with Gasteiger partial charge in [0.15, 0.2) is 0 Å². The van der Waals surface area contributed by atoms with Crippen LogP contribution in [0.15, 0.2) is 18.2 Å². The first-order valence-corrected chi connectivity index (χ1v) is 9.96. The lowest BCUT2D eigenvalue weighted by atomic mass is 10.1. The van der Waals surface area contributed by atoms with Crippen molar-refractivity contribution in [2.24, 2.45) is 0 Å². The van der Waals surface area contributed by atoms with Gasteiger partial charge in [0.25, 0.3) is 5.91 Å². The Bertz CT molecular complexity index is 735. The summed E-state index contributed by atoms with van der Waals surface area (Å²) in [5.41, 5.74) is 0.378. The Morgan fingerprint density at radius 3 is 2.52 bits per heavy atom. The van der Waals surface area contributed by atoms with Crippen molar-refractivity contribution in [3.63, 3.8) is 0 Å². The minimum absolute atomic E-state index is 0.131. The number of benzene rings is 1. The maximum Gasteiger partial charge on any atom is 0.254 e. The van der Waals surface area contributed by atoms with Crippen LogP contribution in [0, 0.1) is 0 Å². The summed E-state index contributed by atoms with van der Waals surface area (Å²) in [7, 11) is 0. The van der Waals surface area contributed by atoms with Crippen LogP contribution in [0.5, 0.6) is 0 Å². The summed E-state index contributed by atoms with van der Waals surface area (Å²) in [4.78, 5) is 40.7. The van der Waals surface area contributed by atoms with Crippen LogP contribution in [-0.4, -0.2) is 59.2 Å². The van der Waals surface area contributed by atoms with E-state index in [1.165, 1.54) is 0 Å². The van der Waals surface area contributed by atoms with Gasteiger partial charge < -0.3 is 15.1 Å². The predicted octanol–water partition coefficient (Wildman–Crippen LogP) is 2.73. The third-order valence-electron chi connectivity index (χ3n) is 4.98. The van der Waals surface area contributed by atoms with Gasteiger partial charge in [-0.1, -0.05) is 23.2 Å². The molecule has 2 atom stereocenters. The van der Waals surface area contributed by atoms with Crippen molar-refractivity contribution in [3.05, 3.63) is 33.8 Å². The van der Waals surface area contributed by atoms with E-state index in [1.807, 2.05) is 6.92 Å². The first-order chi connectivity index (χ1) is 12.8. The van der Waals surface area contributed by atoms with Gasteiger partial charge in [-0.15, -0.1) is 0 Å². The topological polar surface area (TPSA) is 69.7 Å². The predicted molar refractivity (Wildman–Crippen MR) is 104 cm³/mol. The molecule has 6 nitrogen and oxygen atoms in total. The molecular weight excluding hydrogens is 389 g/mol. The van der Waals surface area contributed by atoms with Crippen LogP contribution >= 0.6 is 23.2 Å². The molecular formula is C19H23Cl2N3O3. The van der Waals surface area contributed by atoms with E-state index in [0.29, 0.717) is 41.5 Å². The van der Waals surface area contributed by atoms with E-state index >= 15 is 0 Å². The molecule has 2 aliphatic rings. The van der Waals surface area contributed by atoms with Gasteiger partial charge in [0.05, 0.1) is 0 Å². The minimum atomic E-state index is -0.521. The normalized spacial score (nSPS) is 20.9. The molecule has 0 spiro atoms. The Morgan fingerprint density at radius 1 is 1.19 bits per heavy atom. The highest BCUT2D eigenvalue weighted by molar-refractivity contribution is 6.35. The van der Waals surface area contributed by atoms with E-state index < -0.39 is 6.04 Å². The molecule has 2 heterocycles. The van der Waals surface area contributed by atoms with Gasteiger partial charge in [0.2, 0.25) is 11.8 Å².